The van der Waals surface area contributed by atoms with E-state index >= 15 is 0 Å². The number of H-pyrrole nitrogens is 1. The van der Waals surface area contributed by atoms with E-state index in [1.807, 2.05) is 31.2 Å². The summed E-state index contributed by atoms with van der Waals surface area (Å²) < 4.78 is 0. The Morgan fingerprint density at radius 3 is 2.95 bits per heavy atom. The van der Waals surface area contributed by atoms with Crippen molar-refractivity contribution in [3.63, 3.8) is 0 Å². The SMILES string of the molecule is Cc1ccc(CC(=O)Nc2cc(C3CC3)[nH]n2)c(S)c1. The van der Waals surface area contributed by atoms with Gasteiger partial charge >= 0.3 is 0 Å². The number of nitrogens with zero attached hydrogens (tertiary/aromatic N) is 1. The highest BCUT2D eigenvalue weighted by atomic mass is 32.1. The third-order valence-corrected chi connectivity index (χ3v) is 3.89. The Hall–Kier alpha value is -1.75. The van der Waals surface area contributed by atoms with Crippen molar-refractivity contribution in [2.75, 3.05) is 5.32 Å². The number of thiol groups is 1. The number of amides is 1. The quantitative estimate of drug-likeness (QED) is 0.757. The number of aryl methyl sites for hydroxylation is 1. The molecule has 2 N–H and O–H groups in total. The van der Waals surface area contributed by atoms with E-state index in [-0.39, 0.29) is 5.91 Å². The first kappa shape index (κ1) is 13.2. The van der Waals surface area contributed by atoms with Gasteiger partial charge in [0.1, 0.15) is 0 Å². The predicted octanol–water partition coefficient (Wildman–Crippen LogP) is 3.07. The summed E-state index contributed by atoms with van der Waals surface area (Å²) in [6, 6.07) is 7.82. The van der Waals surface area contributed by atoms with E-state index < -0.39 is 0 Å². The Balaban J connectivity index is 1.63. The molecule has 1 amide bonds. The lowest BCUT2D eigenvalue weighted by atomic mass is 10.1. The van der Waals surface area contributed by atoms with Gasteiger partial charge in [0.25, 0.3) is 0 Å². The van der Waals surface area contributed by atoms with Crippen molar-refractivity contribution in [3.05, 3.63) is 41.1 Å². The Morgan fingerprint density at radius 1 is 1.45 bits per heavy atom. The van der Waals surface area contributed by atoms with Gasteiger partial charge < -0.3 is 5.32 Å². The maximum atomic E-state index is 12.0. The summed E-state index contributed by atoms with van der Waals surface area (Å²) in [5, 5.41) is 9.92. The molecule has 0 spiro atoms. The van der Waals surface area contributed by atoms with Crippen molar-refractivity contribution in [1.29, 1.82) is 0 Å². The minimum Gasteiger partial charge on any atom is -0.309 e. The largest absolute Gasteiger partial charge is 0.309 e. The van der Waals surface area contributed by atoms with Crippen molar-refractivity contribution >= 4 is 24.4 Å². The highest BCUT2D eigenvalue weighted by Crippen LogP contribution is 2.39. The fourth-order valence-corrected chi connectivity index (χ4v) is 2.54. The molecule has 0 aliphatic heterocycles. The van der Waals surface area contributed by atoms with Gasteiger partial charge in [0.2, 0.25) is 5.91 Å². The molecule has 20 heavy (non-hydrogen) atoms. The molecule has 0 saturated heterocycles. The van der Waals surface area contributed by atoms with Crippen molar-refractivity contribution in [2.45, 2.75) is 37.0 Å². The molecule has 1 saturated carbocycles. The van der Waals surface area contributed by atoms with Crippen LogP contribution in [0.5, 0.6) is 0 Å². The number of aromatic nitrogens is 2. The number of aromatic amines is 1. The third-order valence-electron chi connectivity index (χ3n) is 3.47. The number of carbonyl (C=O) groups excluding carboxylic acids is 1. The van der Waals surface area contributed by atoms with Crippen molar-refractivity contribution < 1.29 is 4.79 Å². The van der Waals surface area contributed by atoms with Crippen LogP contribution in [0.2, 0.25) is 0 Å². The van der Waals surface area contributed by atoms with Crippen LogP contribution >= 0.6 is 12.6 Å². The molecule has 1 aliphatic rings. The topological polar surface area (TPSA) is 57.8 Å². The predicted molar refractivity (Wildman–Crippen MR) is 81.3 cm³/mol. The van der Waals surface area contributed by atoms with E-state index in [1.54, 1.807) is 0 Å². The zero-order valence-corrected chi connectivity index (χ0v) is 12.2. The summed E-state index contributed by atoms with van der Waals surface area (Å²) >= 11 is 4.41. The third kappa shape index (κ3) is 3.04. The Bertz CT molecular complexity index is 646. The van der Waals surface area contributed by atoms with E-state index in [9.17, 15) is 4.79 Å². The zero-order valence-electron chi connectivity index (χ0n) is 11.3. The Kier molecular flexibility index (Phi) is 3.53. The molecule has 3 rings (SSSR count). The van der Waals surface area contributed by atoms with Gasteiger partial charge in [-0.15, -0.1) is 12.6 Å². The van der Waals surface area contributed by atoms with E-state index in [0.29, 0.717) is 18.2 Å². The number of anilines is 1. The second-order valence-electron chi connectivity index (χ2n) is 5.34. The summed E-state index contributed by atoms with van der Waals surface area (Å²) in [4.78, 5) is 12.9. The van der Waals surface area contributed by atoms with Gasteiger partial charge in [0.15, 0.2) is 5.82 Å². The molecule has 1 aromatic carbocycles. The Morgan fingerprint density at radius 2 is 2.25 bits per heavy atom. The van der Waals surface area contributed by atoms with Gasteiger partial charge in [-0.1, -0.05) is 17.7 Å². The minimum absolute atomic E-state index is 0.0713. The van der Waals surface area contributed by atoms with Crippen LogP contribution < -0.4 is 5.32 Å². The average Bonchev–Trinajstić information content (AvgIpc) is 3.14. The second-order valence-corrected chi connectivity index (χ2v) is 5.82. The molecular formula is C15H17N3OS. The molecule has 1 heterocycles. The van der Waals surface area contributed by atoms with Crippen molar-refractivity contribution in [1.82, 2.24) is 10.2 Å². The van der Waals surface area contributed by atoms with Crippen LogP contribution in [-0.2, 0) is 11.2 Å². The van der Waals surface area contributed by atoms with Crippen LogP contribution in [-0.4, -0.2) is 16.1 Å². The fourth-order valence-electron chi connectivity index (χ4n) is 2.19. The lowest BCUT2D eigenvalue weighted by Crippen LogP contribution is -2.15. The summed E-state index contributed by atoms with van der Waals surface area (Å²) in [5.41, 5.74) is 3.18. The number of rotatable bonds is 4. The molecule has 1 fully saturated rings. The van der Waals surface area contributed by atoms with Crippen molar-refractivity contribution in [2.24, 2.45) is 0 Å². The van der Waals surface area contributed by atoms with Gasteiger partial charge in [-0.2, -0.15) is 5.10 Å². The maximum Gasteiger partial charge on any atom is 0.230 e. The van der Waals surface area contributed by atoms with Crippen LogP contribution in [0.25, 0.3) is 0 Å². The molecule has 0 radical (unpaired) electrons. The molecule has 2 aromatic rings. The first-order chi connectivity index (χ1) is 9.61. The van der Waals surface area contributed by atoms with E-state index in [0.717, 1.165) is 21.7 Å². The number of hydrogen-bond donors (Lipinski definition) is 3. The van der Waals surface area contributed by atoms with Crippen LogP contribution in [0.4, 0.5) is 5.82 Å². The fraction of sp³-hybridized carbons (Fsp3) is 0.333. The zero-order chi connectivity index (χ0) is 14.1. The highest BCUT2D eigenvalue weighted by molar-refractivity contribution is 7.80. The molecule has 0 bridgehead atoms. The van der Waals surface area contributed by atoms with Crippen molar-refractivity contribution in [3.8, 4) is 0 Å². The number of hydrogen-bond acceptors (Lipinski definition) is 3. The molecule has 0 unspecified atom stereocenters. The van der Waals surface area contributed by atoms with Gasteiger partial charge in [0.05, 0.1) is 6.42 Å². The van der Waals surface area contributed by atoms with E-state index in [1.165, 1.54) is 12.8 Å². The summed E-state index contributed by atoms with van der Waals surface area (Å²) in [7, 11) is 0. The van der Waals surface area contributed by atoms with E-state index in [4.69, 9.17) is 0 Å². The average molecular weight is 287 g/mol. The molecule has 1 aromatic heterocycles. The summed E-state index contributed by atoms with van der Waals surface area (Å²) in [6.07, 6.45) is 2.73. The number of benzene rings is 1. The van der Waals surface area contributed by atoms with Crippen LogP contribution in [0.1, 0.15) is 35.6 Å². The lowest BCUT2D eigenvalue weighted by molar-refractivity contribution is -0.115. The molecule has 0 atom stereocenters. The van der Waals surface area contributed by atoms with Gasteiger partial charge in [-0.25, -0.2) is 0 Å². The molecular weight excluding hydrogens is 270 g/mol. The molecule has 4 nitrogen and oxygen atoms in total. The monoisotopic (exact) mass is 287 g/mol. The number of nitrogens with one attached hydrogen (secondary N) is 2. The molecule has 104 valence electrons. The normalized spacial score (nSPS) is 14.3. The highest BCUT2D eigenvalue weighted by Gasteiger charge is 2.25. The molecule has 5 heteroatoms. The standard InChI is InChI=1S/C15H17N3OS/c1-9-2-3-11(13(20)6-9)7-15(19)16-14-8-12(17-18-14)10-4-5-10/h2-3,6,8,10,20H,4-5,7H2,1H3,(H2,16,17,18,19). The smallest absolute Gasteiger partial charge is 0.230 e. The van der Waals surface area contributed by atoms with Gasteiger partial charge in [0, 0.05) is 22.6 Å². The van der Waals surface area contributed by atoms with E-state index in [2.05, 4.69) is 28.1 Å². The number of carbonyl (C=O) groups is 1. The maximum absolute atomic E-state index is 12.0. The lowest BCUT2D eigenvalue weighted by Gasteiger charge is -2.06. The summed E-state index contributed by atoms with van der Waals surface area (Å²) in [6.45, 7) is 2.01. The van der Waals surface area contributed by atoms with Gasteiger partial charge in [-0.05, 0) is 31.4 Å². The van der Waals surface area contributed by atoms with Crippen LogP contribution in [0.15, 0.2) is 29.2 Å². The minimum atomic E-state index is -0.0713. The van der Waals surface area contributed by atoms with Crippen LogP contribution in [0, 0.1) is 6.92 Å². The molecule has 1 aliphatic carbocycles. The second kappa shape index (κ2) is 5.32. The Labute approximate surface area is 123 Å². The first-order valence-corrected chi connectivity index (χ1v) is 7.20. The first-order valence-electron chi connectivity index (χ1n) is 6.75. The van der Waals surface area contributed by atoms with Gasteiger partial charge in [-0.3, -0.25) is 9.89 Å². The van der Waals surface area contributed by atoms with Crippen LogP contribution in [0.3, 0.4) is 0 Å². The summed E-state index contributed by atoms with van der Waals surface area (Å²) in [5.74, 6) is 1.14.